The van der Waals surface area contributed by atoms with Crippen molar-refractivity contribution >= 4 is 17.9 Å². The Bertz CT molecular complexity index is 1530. The highest BCUT2D eigenvalue weighted by molar-refractivity contribution is 5.71. The van der Waals surface area contributed by atoms with Crippen LogP contribution in [0.4, 0.5) is 0 Å². The van der Waals surface area contributed by atoms with E-state index in [9.17, 15) is 14.4 Å². The number of carbonyl (C=O) groups excluding carboxylic acids is 3. The Hall–Kier alpha value is -3.41. The summed E-state index contributed by atoms with van der Waals surface area (Å²) in [5.41, 5.74) is 0. The second-order valence-electron chi connectivity index (χ2n) is 23.4. The van der Waals surface area contributed by atoms with Crippen molar-refractivity contribution in [1.82, 2.24) is 0 Å². The fraction of sp³-hybridized carbons (Fsp3) is 0.773. The molecule has 0 aromatic carbocycles. The summed E-state index contributed by atoms with van der Waals surface area (Å²) in [7, 11) is 0. The maximum absolute atomic E-state index is 13.0. The maximum Gasteiger partial charge on any atom is 0.306 e. The van der Waals surface area contributed by atoms with E-state index in [0.29, 0.717) is 19.3 Å². The van der Waals surface area contributed by atoms with Crippen LogP contribution >= 0.6 is 0 Å². The Morgan fingerprint density at radius 2 is 0.481 bits per heavy atom. The van der Waals surface area contributed by atoms with E-state index in [1.54, 1.807) is 0 Å². The Morgan fingerprint density at radius 3 is 0.753 bits per heavy atom. The van der Waals surface area contributed by atoms with Crippen molar-refractivity contribution in [1.29, 1.82) is 0 Å². The lowest BCUT2D eigenvalue weighted by Crippen LogP contribution is -2.30. The highest BCUT2D eigenvalue weighted by Crippen LogP contribution is 2.18. The second-order valence-corrected chi connectivity index (χ2v) is 23.4. The number of rotatable bonds is 64. The van der Waals surface area contributed by atoms with Crippen molar-refractivity contribution in [2.45, 2.75) is 361 Å². The molecule has 0 bridgehead atoms. The van der Waals surface area contributed by atoms with Crippen molar-refractivity contribution in [3.05, 3.63) is 85.1 Å². The largest absolute Gasteiger partial charge is 0.462 e. The predicted molar refractivity (Wildman–Crippen MR) is 353 cm³/mol. The van der Waals surface area contributed by atoms with Gasteiger partial charge < -0.3 is 14.2 Å². The highest BCUT2D eigenvalue weighted by atomic mass is 16.6. The summed E-state index contributed by atoms with van der Waals surface area (Å²) < 4.78 is 17.0. The summed E-state index contributed by atoms with van der Waals surface area (Å²) in [5, 5.41) is 0. The van der Waals surface area contributed by atoms with Gasteiger partial charge in [-0.2, -0.15) is 0 Å². The first-order valence-electron chi connectivity index (χ1n) is 35.1. The van der Waals surface area contributed by atoms with Crippen LogP contribution in [0.1, 0.15) is 355 Å². The monoisotopic (exact) mass is 1130 g/mol. The molecule has 0 aliphatic heterocycles. The standard InChI is InChI=1S/C75H132O6/c1-4-7-10-13-16-19-22-25-28-31-33-35-36-37-38-40-41-44-47-50-53-56-59-62-65-68-74(77)80-71-72(70-79-73(76)67-64-61-58-55-52-49-46-43-30-27-24-21-18-15-12-9-6-3)81-75(78)69-66-63-60-57-54-51-48-45-42-39-34-32-29-26-23-20-17-14-11-8-5-2/h7,9-10,12,16,18-19,21,25,27-28,30,33,35,72H,4-6,8,11,13-15,17,20,22-24,26,29,31-32,34,36-71H2,1-3H3/b10-7-,12-9-,19-16-,21-18-,28-25-,30-27-,35-33-. The van der Waals surface area contributed by atoms with Crippen molar-refractivity contribution in [2.75, 3.05) is 13.2 Å². The van der Waals surface area contributed by atoms with Gasteiger partial charge in [0.1, 0.15) is 13.2 Å². The second kappa shape index (κ2) is 69.1. The van der Waals surface area contributed by atoms with Crippen molar-refractivity contribution in [3.63, 3.8) is 0 Å². The molecular formula is C75H132O6. The van der Waals surface area contributed by atoms with E-state index >= 15 is 0 Å². The van der Waals surface area contributed by atoms with Gasteiger partial charge in [-0.05, 0) is 89.9 Å². The van der Waals surface area contributed by atoms with Crippen LogP contribution in [0, 0.1) is 0 Å². The van der Waals surface area contributed by atoms with Crippen LogP contribution in [-0.4, -0.2) is 37.2 Å². The number of hydrogen-bond acceptors (Lipinski definition) is 6. The Labute approximate surface area is 503 Å². The van der Waals surface area contributed by atoms with E-state index in [1.807, 2.05) is 0 Å². The third kappa shape index (κ3) is 67.3. The molecular weight excluding hydrogens is 997 g/mol. The molecule has 468 valence electrons. The molecule has 0 saturated heterocycles. The van der Waals surface area contributed by atoms with Crippen LogP contribution in [0.5, 0.6) is 0 Å². The van der Waals surface area contributed by atoms with Crippen LogP contribution in [0.3, 0.4) is 0 Å². The van der Waals surface area contributed by atoms with Gasteiger partial charge in [0.2, 0.25) is 0 Å². The van der Waals surface area contributed by atoms with Crippen LogP contribution in [0.15, 0.2) is 85.1 Å². The number of carbonyl (C=O) groups is 3. The molecule has 0 aliphatic rings. The number of esters is 3. The summed E-state index contributed by atoms with van der Waals surface area (Å²) in [6.45, 7) is 6.47. The summed E-state index contributed by atoms with van der Waals surface area (Å²) in [6.07, 6.45) is 91.7. The van der Waals surface area contributed by atoms with Crippen molar-refractivity contribution in [2.24, 2.45) is 0 Å². The molecule has 6 nitrogen and oxygen atoms in total. The van der Waals surface area contributed by atoms with Gasteiger partial charge in [-0.3, -0.25) is 14.4 Å². The van der Waals surface area contributed by atoms with Crippen LogP contribution < -0.4 is 0 Å². The normalized spacial score (nSPS) is 12.6. The van der Waals surface area contributed by atoms with Crippen molar-refractivity contribution < 1.29 is 28.6 Å². The average molecular weight is 1130 g/mol. The van der Waals surface area contributed by atoms with E-state index in [1.165, 1.54) is 205 Å². The van der Waals surface area contributed by atoms with Gasteiger partial charge in [0, 0.05) is 19.3 Å². The molecule has 0 fully saturated rings. The Kier molecular flexibility index (Phi) is 66.2. The summed E-state index contributed by atoms with van der Waals surface area (Å²) in [6, 6.07) is 0. The zero-order valence-electron chi connectivity index (χ0n) is 53.8. The van der Waals surface area contributed by atoms with Crippen molar-refractivity contribution in [3.8, 4) is 0 Å². The smallest absolute Gasteiger partial charge is 0.306 e. The summed E-state index contributed by atoms with van der Waals surface area (Å²) >= 11 is 0. The molecule has 0 heterocycles. The minimum atomic E-state index is -0.782. The SMILES string of the molecule is CC/C=C\C/C=C\C/C=C\C/C=C\CCCCCCCCCCCCCCC(=O)OCC(COC(=O)CCCCCCCCC/C=C\C/C=C\C/C=C\CC)OC(=O)CCCCCCCCCCCCCCCCCCCCCCC. The first kappa shape index (κ1) is 77.6. The molecule has 0 saturated carbocycles. The molecule has 0 amide bonds. The van der Waals surface area contributed by atoms with Crippen LogP contribution in [0.2, 0.25) is 0 Å². The molecule has 1 atom stereocenters. The summed E-state index contributed by atoms with van der Waals surface area (Å²) in [5.74, 6) is -0.867. The minimum absolute atomic E-state index is 0.0772. The first-order valence-corrected chi connectivity index (χ1v) is 35.1. The Morgan fingerprint density at radius 1 is 0.259 bits per heavy atom. The lowest BCUT2D eigenvalue weighted by atomic mass is 10.0. The van der Waals surface area contributed by atoms with E-state index < -0.39 is 6.10 Å². The molecule has 6 heteroatoms. The molecule has 0 aromatic heterocycles. The quantitative estimate of drug-likeness (QED) is 0.0261. The first-order chi connectivity index (χ1) is 40.0. The fourth-order valence-electron chi connectivity index (χ4n) is 10.2. The van der Waals surface area contributed by atoms with Gasteiger partial charge in [-0.1, -0.05) is 331 Å². The molecule has 0 aliphatic carbocycles. The fourth-order valence-corrected chi connectivity index (χ4v) is 10.2. The molecule has 0 rings (SSSR count). The summed E-state index contributed by atoms with van der Waals surface area (Å²) in [4.78, 5) is 38.5. The average Bonchev–Trinajstić information content (AvgIpc) is 3.47. The van der Waals surface area contributed by atoms with Gasteiger partial charge in [-0.25, -0.2) is 0 Å². The molecule has 1 unspecified atom stereocenters. The van der Waals surface area contributed by atoms with Gasteiger partial charge in [0.15, 0.2) is 6.10 Å². The predicted octanol–water partition coefficient (Wildman–Crippen LogP) is 24.2. The number of ether oxygens (including phenoxy) is 3. The lowest BCUT2D eigenvalue weighted by molar-refractivity contribution is -0.167. The Balaban J connectivity index is 4.33. The van der Waals surface area contributed by atoms with Gasteiger partial charge in [0.25, 0.3) is 0 Å². The zero-order chi connectivity index (χ0) is 58.5. The lowest BCUT2D eigenvalue weighted by Gasteiger charge is -2.18. The number of hydrogen-bond donors (Lipinski definition) is 0. The van der Waals surface area contributed by atoms with Crippen LogP contribution in [-0.2, 0) is 28.6 Å². The van der Waals surface area contributed by atoms with Gasteiger partial charge in [-0.15, -0.1) is 0 Å². The highest BCUT2D eigenvalue weighted by Gasteiger charge is 2.19. The molecule has 0 N–H and O–H groups in total. The minimum Gasteiger partial charge on any atom is -0.462 e. The van der Waals surface area contributed by atoms with E-state index in [2.05, 4.69) is 106 Å². The molecule has 0 spiro atoms. The van der Waals surface area contributed by atoms with E-state index in [4.69, 9.17) is 14.2 Å². The molecule has 0 radical (unpaired) electrons. The zero-order valence-corrected chi connectivity index (χ0v) is 53.8. The van der Waals surface area contributed by atoms with Crippen LogP contribution in [0.25, 0.3) is 0 Å². The van der Waals surface area contributed by atoms with Gasteiger partial charge in [0.05, 0.1) is 0 Å². The maximum atomic E-state index is 13.0. The van der Waals surface area contributed by atoms with Gasteiger partial charge >= 0.3 is 17.9 Å². The van der Waals surface area contributed by atoms with E-state index in [-0.39, 0.29) is 31.1 Å². The number of unbranched alkanes of at least 4 members (excludes halogenated alkanes) is 39. The third-order valence-electron chi connectivity index (χ3n) is 15.4. The van der Waals surface area contributed by atoms with E-state index in [0.717, 1.165) is 109 Å². The topological polar surface area (TPSA) is 78.9 Å². The third-order valence-corrected chi connectivity index (χ3v) is 15.4. The molecule has 81 heavy (non-hydrogen) atoms. The number of allylic oxidation sites excluding steroid dienone is 14. The molecule has 0 aromatic rings.